The second kappa shape index (κ2) is 14.9. The van der Waals surface area contributed by atoms with Crippen molar-refractivity contribution >= 4 is 21.8 Å². The SMILES string of the molecule is Cc1nn(-c2[c-]c(Oc3[c-]c4c(cc3)c3ccccc3n4-c3cc(OC(C)C)ccn3)cc(C(C)C)c2)c(C)c1-c1ccc(-c2ccccc2)cc1.[Pt+2]. The number of pyridine rings is 1. The zero-order chi connectivity index (χ0) is 35.9. The van der Waals surface area contributed by atoms with Crippen molar-refractivity contribution in [3.05, 3.63) is 151 Å². The zero-order valence-corrected chi connectivity index (χ0v) is 32.9. The van der Waals surface area contributed by atoms with Crippen molar-refractivity contribution in [3.63, 3.8) is 0 Å². The normalized spacial score (nSPS) is 11.4. The summed E-state index contributed by atoms with van der Waals surface area (Å²) in [7, 11) is 0. The van der Waals surface area contributed by atoms with Gasteiger partial charge < -0.3 is 14.0 Å². The Kier molecular flexibility index (Phi) is 10.1. The van der Waals surface area contributed by atoms with Gasteiger partial charge in [-0.25, -0.2) is 4.98 Å². The fourth-order valence-corrected chi connectivity index (χ4v) is 6.96. The molecule has 0 unspecified atom stereocenters. The summed E-state index contributed by atoms with van der Waals surface area (Å²) in [6.45, 7) is 12.6. The van der Waals surface area contributed by atoms with E-state index in [9.17, 15) is 0 Å². The Morgan fingerprint density at radius 1 is 0.679 bits per heavy atom. The van der Waals surface area contributed by atoms with Crippen LogP contribution in [0.25, 0.3) is 55.6 Å². The molecule has 3 aromatic heterocycles. The third kappa shape index (κ3) is 7.04. The van der Waals surface area contributed by atoms with Crippen LogP contribution in [0.1, 0.15) is 50.6 Å². The van der Waals surface area contributed by atoms with Gasteiger partial charge >= 0.3 is 21.1 Å². The summed E-state index contributed by atoms with van der Waals surface area (Å²) in [6, 6.07) is 46.8. The van der Waals surface area contributed by atoms with Crippen LogP contribution in [-0.4, -0.2) is 25.4 Å². The minimum absolute atomic E-state index is 0. The first-order valence-electron chi connectivity index (χ1n) is 17.8. The molecule has 0 atom stereocenters. The monoisotopic (exact) mass is 875 g/mol. The van der Waals surface area contributed by atoms with Gasteiger partial charge in [0.1, 0.15) is 11.6 Å². The number of ether oxygens (including phenoxy) is 2. The number of aromatic nitrogens is 4. The van der Waals surface area contributed by atoms with Crippen molar-refractivity contribution in [2.24, 2.45) is 0 Å². The third-order valence-corrected chi connectivity index (χ3v) is 9.41. The summed E-state index contributed by atoms with van der Waals surface area (Å²) in [5, 5.41) is 7.20. The number of hydrogen-bond acceptors (Lipinski definition) is 4. The molecule has 0 N–H and O–H groups in total. The van der Waals surface area contributed by atoms with Crippen LogP contribution in [0.3, 0.4) is 0 Å². The van der Waals surface area contributed by atoms with Gasteiger partial charge in [0, 0.05) is 40.5 Å². The van der Waals surface area contributed by atoms with Crippen molar-refractivity contribution in [1.29, 1.82) is 0 Å². The van der Waals surface area contributed by atoms with E-state index in [1.165, 1.54) is 11.1 Å². The van der Waals surface area contributed by atoms with E-state index in [1.807, 2.05) is 48.9 Å². The van der Waals surface area contributed by atoms with Gasteiger partial charge in [-0.1, -0.05) is 92.2 Å². The summed E-state index contributed by atoms with van der Waals surface area (Å²) in [5.74, 6) is 2.97. The van der Waals surface area contributed by atoms with Gasteiger partial charge in [-0.3, -0.25) is 4.68 Å². The number of fused-ring (bicyclic) bond motifs is 3. The molecule has 53 heavy (non-hydrogen) atoms. The van der Waals surface area contributed by atoms with Gasteiger partial charge in [0.2, 0.25) is 0 Å². The molecular formula is C46H40N4O2Pt. The van der Waals surface area contributed by atoms with E-state index in [-0.39, 0.29) is 33.1 Å². The minimum atomic E-state index is 0. The Balaban J connectivity index is 0.00000435. The number of benzene rings is 5. The van der Waals surface area contributed by atoms with E-state index in [0.29, 0.717) is 11.5 Å². The summed E-state index contributed by atoms with van der Waals surface area (Å²) in [5.41, 5.74) is 10.5. The van der Waals surface area contributed by atoms with Crippen molar-refractivity contribution < 1.29 is 30.5 Å². The first kappa shape index (κ1) is 35.9. The van der Waals surface area contributed by atoms with E-state index < -0.39 is 0 Å². The summed E-state index contributed by atoms with van der Waals surface area (Å²) in [6.07, 6.45) is 1.83. The molecular weight excluding hydrogens is 836 g/mol. The second-order valence-corrected chi connectivity index (χ2v) is 13.8. The average molecular weight is 876 g/mol. The topological polar surface area (TPSA) is 54.1 Å². The Labute approximate surface area is 325 Å². The largest absolute Gasteiger partial charge is 2.00 e. The molecule has 0 saturated heterocycles. The van der Waals surface area contributed by atoms with Gasteiger partial charge in [0.25, 0.3) is 0 Å². The number of aryl methyl sites for hydroxylation is 1. The number of para-hydroxylation sites is 1. The molecule has 0 bridgehead atoms. The van der Waals surface area contributed by atoms with Gasteiger partial charge in [-0.15, -0.1) is 41.3 Å². The molecule has 0 spiro atoms. The molecule has 0 fully saturated rings. The number of hydrogen-bond donors (Lipinski definition) is 0. The molecule has 7 heteroatoms. The molecule has 0 aliphatic rings. The molecule has 0 amide bonds. The molecule has 0 aliphatic carbocycles. The number of nitrogens with zero attached hydrogens (tertiary/aromatic N) is 4. The Bertz CT molecular complexity index is 2550. The minimum Gasteiger partial charge on any atom is -0.509 e. The van der Waals surface area contributed by atoms with Gasteiger partial charge in [0.15, 0.2) is 0 Å². The molecule has 0 aliphatic heterocycles. The third-order valence-electron chi connectivity index (χ3n) is 9.41. The maximum absolute atomic E-state index is 6.61. The van der Waals surface area contributed by atoms with E-state index in [4.69, 9.17) is 19.6 Å². The predicted octanol–water partition coefficient (Wildman–Crippen LogP) is 11.6. The van der Waals surface area contributed by atoms with Crippen LogP contribution in [0.5, 0.6) is 17.2 Å². The maximum Gasteiger partial charge on any atom is 2.00 e. The summed E-state index contributed by atoms with van der Waals surface area (Å²) < 4.78 is 16.7. The van der Waals surface area contributed by atoms with Crippen LogP contribution >= 0.6 is 0 Å². The predicted molar refractivity (Wildman–Crippen MR) is 210 cm³/mol. The second-order valence-electron chi connectivity index (χ2n) is 13.8. The molecule has 3 heterocycles. The van der Waals surface area contributed by atoms with Crippen molar-refractivity contribution in [1.82, 2.24) is 19.3 Å². The van der Waals surface area contributed by atoms with Gasteiger partial charge in [0.05, 0.1) is 11.8 Å². The Morgan fingerprint density at radius 3 is 2.15 bits per heavy atom. The summed E-state index contributed by atoms with van der Waals surface area (Å²) >= 11 is 0. The molecule has 8 rings (SSSR count). The van der Waals surface area contributed by atoms with Crippen molar-refractivity contribution in [3.8, 4) is 51.0 Å². The summed E-state index contributed by atoms with van der Waals surface area (Å²) in [4.78, 5) is 4.74. The fraction of sp³-hybridized carbons (Fsp3) is 0.174. The Hall–Kier alpha value is -5.45. The molecule has 5 aromatic carbocycles. The van der Waals surface area contributed by atoms with Crippen LogP contribution in [0, 0.1) is 26.0 Å². The van der Waals surface area contributed by atoms with E-state index in [0.717, 1.165) is 67.1 Å². The molecule has 8 aromatic rings. The standard InChI is InChI=1S/C46H40N4O2.Pt/c1-29(2)36-24-37(50-32(6)46(31(5)48-50)35-18-16-34(17-19-35)33-12-8-7-9-13-33)26-40(25-36)52-38-20-21-42-41-14-10-11-15-43(41)49(44(42)27-38)45-28-39(22-23-47-45)51-30(3)4;/h7-25,28-30H,1-6H3;/q-2;+2. The fourth-order valence-electron chi connectivity index (χ4n) is 6.96. The number of rotatable bonds is 9. The smallest absolute Gasteiger partial charge is 0.509 e. The van der Waals surface area contributed by atoms with Gasteiger partial charge in [-0.05, 0) is 73.5 Å². The van der Waals surface area contributed by atoms with Crippen molar-refractivity contribution in [2.45, 2.75) is 53.6 Å². The quantitative estimate of drug-likeness (QED) is 0.136. The van der Waals surface area contributed by atoms with E-state index in [2.05, 4.69) is 129 Å². The molecule has 0 saturated carbocycles. The average Bonchev–Trinajstić information content (AvgIpc) is 3.64. The first-order chi connectivity index (χ1) is 25.2. The molecule has 266 valence electrons. The van der Waals surface area contributed by atoms with Crippen LogP contribution in [-0.2, 0) is 21.1 Å². The van der Waals surface area contributed by atoms with Crippen LogP contribution in [0.15, 0.2) is 121 Å². The van der Waals surface area contributed by atoms with Crippen LogP contribution in [0.2, 0.25) is 0 Å². The zero-order valence-electron chi connectivity index (χ0n) is 30.6. The van der Waals surface area contributed by atoms with Gasteiger partial charge in [-0.2, -0.15) is 11.2 Å². The molecule has 6 nitrogen and oxygen atoms in total. The first-order valence-corrected chi connectivity index (χ1v) is 17.8. The van der Waals surface area contributed by atoms with Crippen molar-refractivity contribution in [2.75, 3.05) is 0 Å². The van der Waals surface area contributed by atoms with E-state index >= 15 is 0 Å². The van der Waals surface area contributed by atoms with E-state index in [1.54, 1.807) is 6.20 Å². The maximum atomic E-state index is 6.61. The van der Waals surface area contributed by atoms with Crippen LogP contribution < -0.4 is 9.47 Å². The Morgan fingerprint density at radius 2 is 1.40 bits per heavy atom. The van der Waals surface area contributed by atoms with Crippen LogP contribution in [0.4, 0.5) is 0 Å². The molecule has 0 radical (unpaired) electrons.